The van der Waals surface area contributed by atoms with E-state index in [0.29, 0.717) is 49.5 Å². The number of hydrogen-bond acceptors (Lipinski definition) is 6. The van der Waals surface area contributed by atoms with Crippen LogP contribution in [-0.4, -0.2) is 50.6 Å². The standard InChI is InChI=1S/C15H22N2O4/c1-17(10-15(19)5-7-21-8-6-15)13-4-3-11(16)9-12(13)14(18)20-2/h3-4,9,19H,5-8,10,16H2,1-2H3. The van der Waals surface area contributed by atoms with E-state index in [9.17, 15) is 9.90 Å². The highest BCUT2D eigenvalue weighted by Gasteiger charge is 2.32. The van der Waals surface area contributed by atoms with E-state index >= 15 is 0 Å². The molecule has 0 spiro atoms. The first-order valence-electron chi connectivity index (χ1n) is 6.94. The Bertz CT molecular complexity index is 512. The summed E-state index contributed by atoms with van der Waals surface area (Å²) in [6.45, 7) is 1.52. The van der Waals surface area contributed by atoms with Crippen LogP contribution < -0.4 is 10.6 Å². The molecule has 1 aliphatic rings. The lowest BCUT2D eigenvalue weighted by atomic mass is 9.93. The SMILES string of the molecule is COC(=O)c1cc(N)ccc1N(C)CC1(O)CCOCC1. The number of rotatable bonds is 4. The van der Waals surface area contributed by atoms with Crippen LogP contribution in [0.4, 0.5) is 11.4 Å². The molecular weight excluding hydrogens is 272 g/mol. The number of nitrogens with zero attached hydrogens (tertiary/aromatic N) is 1. The average molecular weight is 294 g/mol. The lowest BCUT2D eigenvalue weighted by Crippen LogP contribution is -2.46. The number of nitrogens with two attached hydrogens (primary N) is 1. The lowest BCUT2D eigenvalue weighted by molar-refractivity contribution is -0.0572. The topological polar surface area (TPSA) is 85.0 Å². The fourth-order valence-electron chi connectivity index (χ4n) is 2.60. The summed E-state index contributed by atoms with van der Waals surface area (Å²) in [5.41, 5.74) is 6.52. The van der Waals surface area contributed by atoms with E-state index in [4.69, 9.17) is 15.2 Å². The van der Waals surface area contributed by atoms with Gasteiger partial charge in [0.15, 0.2) is 0 Å². The number of esters is 1. The van der Waals surface area contributed by atoms with Gasteiger partial charge in [0.05, 0.1) is 24.0 Å². The minimum Gasteiger partial charge on any atom is -0.465 e. The van der Waals surface area contributed by atoms with Crippen molar-refractivity contribution in [2.24, 2.45) is 0 Å². The summed E-state index contributed by atoms with van der Waals surface area (Å²) in [7, 11) is 3.17. The van der Waals surface area contributed by atoms with Crippen molar-refractivity contribution >= 4 is 17.3 Å². The van der Waals surface area contributed by atoms with Crippen LogP contribution in [0.15, 0.2) is 18.2 Å². The molecule has 0 aliphatic carbocycles. The van der Waals surface area contributed by atoms with E-state index in [-0.39, 0.29) is 0 Å². The second-order valence-corrected chi connectivity index (χ2v) is 5.46. The van der Waals surface area contributed by atoms with Crippen molar-refractivity contribution in [2.45, 2.75) is 18.4 Å². The number of methoxy groups -OCH3 is 1. The zero-order valence-corrected chi connectivity index (χ0v) is 12.5. The van der Waals surface area contributed by atoms with E-state index < -0.39 is 11.6 Å². The van der Waals surface area contributed by atoms with Gasteiger partial charge in [-0.1, -0.05) is 0 Å². The molecular formula is C15H22N2O4. The highest BCUT2D eigenvalue weighted by Crippen LogP contribution is 2.27. The van der Waals surface area contributed by atoms with E-state index in [2.05, 4.69) is 0 Å². The fourth-order valence-corrected chi connectivity index (χ4v) is 2.60. The second kappa shape index (κ2) is 6.32. The first-order chi connectivity index (χ1) is 9.95. The molecule has 0 aromatic heterocycles. The number of benzene rings is 1. The Morgan fingerprint density at radius 2 is 2.14 bits per heavy atom. The van der Waals surface area contributed by atoms with E-state index in [1.807, 2.05) is 11.9 Å². The Kier molecular flexibility index (Phi) is 4.69. The van der Waals surface area contributed by atoms with Gasteiger partial charge in [-0.15, -0.1) is 0 Å². The van der Waals surface area contributed by atoms with Crippen LogP contribution in [0, 0.1) is 0 Å². The molecule has 0 amide bonds. The summed E-state index contributed by atoms with van der Waals surface area (Å²) >= 11 is 0. The van der Waals surface area contributed by atoms with Crippen molar-refractivity contribution in [1.29, 1.82) is 0 Å². The third-order valence-electron chi connectivity index (χ3n) is 3.79. The van der Waals surface area contributed by atoms with Gasteiger partial charge in [0.1, 0.15) is 0 Å². The molecule has 21 heavy (non-hydrogen) atoms. The molecule has 1 saturated heterocycles. The van der Waals surface area contributed by atoms with Crippen molar-refractivity contribution in [1.82, 2.24) is 0 Å². The summed E-state index contributed by atoms with van der Waals surface area (Å²) in [5, 5.41) is 10.6. The van der Waals surface area contributed by atoms with Gasteiger partial charge in [0, 0.05) is 45.3 Å². The van der Waals surface area contributed by atoms with Gasteiger partial charge < -0.3 is 25.2 Å². The largest absolute Gasteiger partial charge is 0.465 e. The summed E-state index contributed by atoms with van der Waals surface area (Å²) in [6.07, 6.45) is 1.17. The zero-order chi connectivity index (χ0) is 15.5. The van der Waals surface area contributed by atoms with Gasteiger partial charge in [-0.05, 0) is 18.2 Å². The molecule has 0 atom stereocenters. The highest BCUT2D eigenvalue weighted by molar-refractivity contribution is 5.96. The van der Waals surface area contributed by atoms with E-state index in [1.165, 1.54) is 7.11 Å². The Morgan fingerprint density at radius 1 is 1.48 bits per heavy atom. The van der Waals surface area contributed by atoms with Crippen molar-refractivity contribution in [3.05, 3.63) is 23.8 Å². The maximum Gasteiger partial charge on any atom is 0.340 e. The predicted molar refractivity (Wildman–Crippen MR) is 80.5 cm³/mol. The van der Waals surface area contributed by atoms with Crippen molar-refractivity contribution in [2.75, 3.05) is 44.5 Å². The molecule has 6 heteroatoms. The number of aliphatic hydroxyl groups is 1. The number of ether oxygens (including phenoxy) is 2. The summed E-state index contributed by atoms with van der Waals surface area (Å²) in [6, 6.07) is 5.09. The Labute approximate surface area is 124 Å². The zero-order valence-electron chi connectivity index (χ0n) is 12.5. The third-order valence-corrected chi connectivity index (χ3v) is 3.79. The van der Waals surface area contributed by atoms with Gasteiger partial charge in [0.2, 0.25) is 0 Å². The van der Waals surface area contributed by atoms with E-state index in [0.717, 1.165) is 0 Å². The molecule has 0 radical (unpaired) electrons. The minimum absolute atomic E-state index is 0.399. The molecule has 0 saturated carbocycles. The number of likely N-dealkylation sites (N-methyl/N-ethyl adjacent to an activating group) is 1. The molecule has 6 nitrogen and oxygen atoms in total. The number of carbonyl (C=O) groups excluding carboxylic acids is 1. The minimum atomic E-state index is -0.804. The predicted octanol–water partition coefficient (Wildman–Crippen LogP) is 1.03. The van der Waals surface area contributed by atoms with Gasteiger partial charge in [-0.3, -0.25) is 0 Å². The molecule has 116 valence electrons. The molecule has 2 rings (SSSR count). The van der Waals surface area contributed by atoms with Gasteiger partial charge in [-0.25, -0.2) is 4.79 Å². The molecule has 1 aliphatic heterocycles. The summed E-state index contributed by atoms with van der Waals surface area (Å²) < 4.78 is 10.1. The number of nitrogen functional groups attached to an aromatic ring is 1. The van der Waals surface area contributed by atoms with E-state index in [1.54, 1.807) is 18.2 Å². The number of carbonyl (C=O) groups is 1. The Balaban J connectivity index is 2.22. The number of anilines is 2. The molecule has 3 N–H and O–H groups in total. The normalized spacial score (nSPS) is 17.3. The monoisotopic (exact) mass is 294 g/mol. The van der Waals surface area contributed by atoms with Crippen LogP contribution in [0.2, 0.25) is 0 Å². The summed E-state index contributed by atoms with van der Waals surface area (Å²) in [4.78, 5) is 13.7. The molecule has 0 bridgehead atoms. The van der Waals surface area contributed by atoms with Crippen LogP contribution in [0.1, 0.15) is 23.2 Å². The Hall–Kier alpha value is -1.79. The van der Waals surface area contributed by atoms with Gasteiger partial charge in [0.25, 0.3) is 0 Å². The molecule has 1 heterocycles. The van der Waals surface area contributed by atoms with Crippen LogP contribution in [0.25, 0.3) is 0 Å². The fraction of sp³-hybridized carbons (Fsp3) is 0.533. The highest BCUT2D eigenvalue weighted by atomic mass is 16.5. The smallest absolute Gasteiger partial charge is 0.340 e. The van der Waals surface area contributed by atoms with Gasteiger partial charge in [-0.2, -0.15) is 0 Å². The van der Waals surface area contributed by atoms with Crippen LogP contribution in [0.3, 0.4) is 0 Å². The van der Waals surface area contributed by atoms with Crippen LogP contribution >= 0.6 is 0 Å². The quantitative estimate of drug-likeness (QED) is 0.637. The van der Waals surface area contributed by atoms with Crippen molar-refractivity contribution < 1.29 is 19.4 Å². The summed E-state index contributed by atoms with van der Waals surface area (Å²) in [5.74, 6) is -0.442. The Morgan fingerprint density at radius 3 is 2.76 bits per heavy atom. The molecule has 0 unspecified atom stereocenters. The molecule has 1 aromatic carbocycles. The van der Waals surface area contributed by atoms with Crippen LogP contribution in [0.5, 0.6) is 0 Å². The lowest BCUT2D eigenvalue weighted by Gasteiger charge is -2.36. The first-order valence-corrected chi connectivity index (χ1v) is 6.94. The average Bonchev–Trinajstić information content (AvgIpc) is 2.46. The number of hydrogen-bond donors (Lipinski definition) is 2. The maximum atomic E-state index is 11.9. The van der Waals surface area contributed by atoms with Crippen molar-refractivity contribution in [3.63, 3.8) is 0 Å². The molecule has 1 fully saturated rings. The van der Waals surface area contributed by atoms with Gasteiger partial charge >= 0.3 is 5.97 Å². The molecule has 1 aromatic rings. The van der Waals surface area contributed by atoms with Crippen LogP contribution in [-0.2, 0) is 9.47 Å². The second-order valence-electron chi connectivity index (χ2n) is 5.46. The first kappa shape index (κ1) is 15.6. The van der Waals surface area contributed by atoms with Crippen molar-refractivity contribution in [3.8, 4) is 0 Å². The third kappa shape index (κ3) is 3.65. The maximum absolute atomic E-state index is 11.9.